The Morgan fingerprint density at radius 2 is 2.33 bits per heavy atom. The van der Waals surface area contributed by atoms with Gasteiger partial charge in [0.1, 0.15) is 5.78 Å². The smallest absolute Gasteiger partial charge is 0.136 e. The van der Waals surface area contributed by atoms with Crippen molar-refractivity contribution in [3.05, 3.63) is 24.3 Å². The summed E-state index contributed by atoms with van der Waals surface area (Å²) in [4.78, 5) is 10.7. The normalized spacial score (nSPS) is 24.3. The van der Waals surface area contributed by atoms with Crippen LogP contribution in [0.5, 0.6) is 0 Å². The Balaban J connectivity index is 2.56. The Hall–Kier alpha value is -0.850. The van der Waals surface area contributed by atoms with Crippen LogP contribution in [-0.4, -0.2) is 5.78 Å². The summed E-state index contributed by atoms with van der Waals surface area (Å²) in [5, 5.41) is 0. The highest BCUT2D eigenvalue weighted by Crippen LogP contribution is 2.11. The monoisotopic (exact) mass is 128 g/mol. The number of ketones is 1. The van der Waals surface area contributed by atoms with E-state index in [0.29, 0.717) is 0 Å². The summed E-state index contributed by atoms with van der Waals surface area (Å²) in [6, 6.07) is 0. The van der Waals surface area contributed by atoms with Gasteiger partial charge < -0.3 is 0 Å². The standard InChI is InChI=1S/C8H10O/c1-7(9)8-5-3-2-4-6-8/h2-5,8H,6H2,1H3/i2+1,3+1,4+1,5+1,6+1,8+1. The fraction of sp³-hybridized carbons (Fsp3) is 0.375. The molecule has 0 saturated heterocycles. The maximum absolute atomic E-state index is 10.7. The first kappa shape index (κ1) is 6.27. The summed E-state index contributed by atoms with van der Waals surface area (Å²) in [6.45, 7) is 1.63. The first-order valence-electron chi connectivity index (χ1n) is 3.14. The van der Waals surface area contributed by atoms with Crippen molar-refractivity contribution < 1.29 is 4.79 Å². The predicted molar refractivity (Wildman–Crippen MR) is 37.1 cm³/mol. The molecule has 1 rings (SSSR count). The molecule has 0 bridgehead atoms. The highest BCUT2D eigenvalue weighted by molar-refractivity contribution is 5.80. The molecule has 0 amide bonds. The maximum Gasteiger partial charge on any atom is 0.136 e. The van der Waals surface area contributed by atoms with Gasteiger partial charge in [-0.25, -0.2) is 0 Å². The summed E-state index contributed by atoms with van der Waals surface area (Å²) in [6.07, 6.45) is 8.75. The Morgan fingerprint density at radius 1 is 1.56 bits per heavy atom. The number of hydrogen-bond acceptors (Lipinski definition) is 1. The van der Waals surface area contributed by atoms with Crippen molar-refractivity contribution in [3.63, 3.8) is 0 Å². The predicted octanol–water partition coefficient (Wildman–Crippen LogP) is 1.71. The number of Topliss-reactive ketones (excluding diaryl/α,β-unsaturated/α-hetero) is 1. The molecule has 9 heavy (non-hydrogen) atoms. The molecule has 0 radical (unpaired) electrons. The van der Waals surface area contributed by atoms with Gasteiger partial charge in [-0.15, -0.1) is 0 Å². The van der Waals surface area contributed by atoms with Gasteiger partial charge in [0.05, 0.1) is 0 Å². The van der Waals surface area contributed by atoms with Crippen LogP contribution in [-0.2, 0) is 4.79 Å². The minimum atomic E-state index is 0.148. The van der Waals surface area contributed by atoms with E-state index in [0.717, 1.165) is 6.42 Å². The summed E-state index contributed by atoms with van der Waals surface area (Å²) < 4.78 is 0. The Morgan fingerprint density at radius 3 is 2.67 bits per heavy atom. The molecule has 0 N–H and O–H groups in total. The average Bonchev–Trinajstić information content (AvgIpc) is 1.90. The third-order valence-electron chi connectivity index (χ3n) is 1.50. The van der Waals surface area contributed by atoms with Gasteiger partial charge in [-0.3, -0.25) is 4.79 Å². The van der Waals surface area contributed by atoms with E-state index in [-0.39, 0.29) is 11.7 Å². The molecule has 0 saturated carbocycles. The number of carbonyl (C=O) groups is 1. The first-order valence-corrected chi connectivity index (χ1v) is 3.14. The zero-order valence-corrected chi connectivity index (χ0v) is 5.50. The molecule has 0 aromatic carbocycles. The van der Waals surface area contributed by atoms with Gasteiger partial charge >= 0.3 is 0 Å². The fourth-order valence-corrected chi connectivity index (χ4v) is 0.882. The molecule has 0 aromatic rings. The zero-order chi connectivity index (χ0) is 6.69. The van der Waals surface area contributed by atoms with Crippen LogP contribution in [0.4, 0.5) is 0 Å². The lowest BCUT2D eigenvalue weighted by Crippen LogP contribution is -2.07. The second kappa shape index (κ2) is 2.62. The van der Waals surface area contributed by atoms with E-state index in [1.807, 2.05) is 24.3 Å². The van der Waals surface area contributed by atoms with Crippen molar-refractivity contribution >= 4 is 5.78 Å². The SMILES string of the molecule is CC(=O)[13CH]1[13CH]=[13CH][13CH]=[13CH][13CH2]1. The van der Waals surface area contributed by atoms with Crippen molar-refractivity contribution in [2.24, 2.45) is 5.92 Å². The Labute approximate surface area is 55.1 Å². The molecule has 48 valence electrons. The van der Waals surface area contributed by atoms with E-state index in [2.05, 4.69) is 0 Å². The summed E-state index contributed by atoms with van der Waals surface area (Å²) in [5.74, 6) is 0.408. The molecule has 1 unspecified atom stereocenters. The van der Waals surface area contributed by atoms with E-state index in [9.17, 15) is 4.79 Å². The van der Waals surface area contributed by atoms with E-state index in [1.54, 1.807) is 6.92 Å². The summed E-state index contributed by atoms with van der Waals surface area (Å²) in [5.41, 5.74) is 0. The lowest BCUT2D eigenvalue weighted by atomic mass is 10.6. The lowest BCUT2D eigenvalue weighted by molar-refractivity contribution is -0.119. The minimum Gasteiger partial charge on any atom is -0.299 e. The molecule has 1 aliphatic rings. The van der Waals surface area contributed by atoms with Gasteiger partial charge in [-0.1, -0.05) is 24.3 Å². The van der Waals surface area contributed by atoms with E-state index in [4.69, 9.17) is 0 Å². The molecule has 1 aliphatic carbocycles. The number of hydrogen-bond donors (Lipinski definition) is 0. The second-order valence-corrected chi connectivity index (χ2v) is 2.27. The van der Waals surface area contributed by atoms with Crippen molar-refractivity contribution in [3.8, 4) is 0 Å². The van der Waals surface area contributed by atoms with Gasteiger partial charge in [0.15, 0.2) is 0 Å². The van der Waals surface area contributed by atoms with Crippen LogP contribution in [0.15, 0.2) is 24.3 Å². The van der Waals surface area contributed by atoms with Gasteiger partial charge in [0.25, 0.3) is 0 Å². The third kappa shape index (κ3) is 1.53. The van der Waals surface area contributed by atoms with Crippen molar-refractivity contribution in [1.29, 1.82) is 0 Å². The Bertz CT molecular complexity index is 165. The molecule has 1 heteroatoms. The van der Waals surface area contributed by atoms with Crippen LogP contribution in [0.25, 0.3) is 0 Å². The fourth-order valence-electron chi connectivity index (χ4n) is 0.882. The summed E-state index contributed by atoms with van der Waals surface area (Å²) >= 11 is 0. The van der Waals surface area contributed by atoms with Crippen LogP contribution in [0.3, 0.4) is 0 Å². The second-order valence-electron chi connectivity index (χ2n) is 2.27. The van der Waals surface area contributed by atoms with Gasteiger partial charge in [-0.05, 0) is 13.3 Å². The average molecular weight is 128 g/mol. The molecule has 1 atom stereocenters. The lowest BCUT2D eigenvalue weighted by Gasteiger charge is -2.06. The topological polar surface area (TPSA) is 17.1 Å². The molecule has 0 aliphatic heterocycles. The van der Waals surface area contributed by atoms with Gasteiger partial charge in [0.2, 0.25) is 0 Å². The largest absolute Gasteiger partial charge is 0.299 e. The van der Waals surface area contributed by atoms with Crippen LogP contribution in [0.1, 0.15) is 13.3 Å². The minimum absolute atomic E-state index is 0.148. The van der Waals surface area contributed by atoms with Crippen LogP contribution < -0.4 is 0 Å². The molecule has 0 heterocycles. The van der Waals surface area contributed by atoms with Crippen LogP contribution in [0.2, 0.25) is 0 Å². The molecular formula is C8H10O. The van der Waals surface area contributed by atoms with E-state index in [1.165, 1.54) is 0 Å². The van der Waals surface area contributed by atoms with E-state index >= 15 is 0 Å². The summed E-state index contributed by atoms with van der Waals surface area (Å²) in [7, 11) is 0. The molecule has 1 nitrogen and oxygen atoms in total. The first-order chi connectivity index (χ1) is 4.30. The highest BCUT2D eigenvalue weighted by Gasteiger charge is 2.08. The Kier molecular flexibility index (Phi) is 1.83. The van der Waals surface area contributed by atoms with Crippen molar-refractivity contribution in [2.75, 3.05) is 0 Å². The number of carbonyl (C=O) groups excluding carboxylic acids is 1. The maximum atomic E-state index is 10.7. The van der Waals surface area contributed by atoms with Gasteiger partial charge in [-0.2, -0.15) is 0 Å². The van der Waals surface area contributed by atoms with Crippen LogP contribution in [0, 0.1) is 5.92 Å². The van der Waals surface area contributed by atoms with E-state index < -0.39 is 0 Å². The van der Waals surface area contributed by atoms with Gasteiger partial charge in [0, 0.05) is 5.92 Å². The number of allylic oxidation sites excluding steroid dienone is 4. The molecular weight excluding hydrogens is 118 g/mol. The highest BCUT2D eigenvalue weighted by atomic mass is 16.1. The van der Waals surface area contributed by atoms with Crippen molar-refractivity contribution in [1.82, 2.24) is 0 Å². The zero-order valence-electron chi connectivity index (χ0n) is 5.50. The molecule has 0 spiro atoms. The quantitative estimate of drug-likeness (QED) is 0.491. The van der Waals surface area contributed by atoms with Crippen LogP contribution >= 0.6 is 0 Å². The molecule has 0 fully saturated rings. The molecule has 0 aromatic heterocycles. The third-order valence-corrected chi connectivity index (χ3v) is 1.50. The van der Waals surface area contributed by atoms with Crippen molar-refractivity contribution in [2.45, 2.75) is 13.3 Å². The number of rotatable bonds is 1.